The standard InChI is InChI=1S/C14H17BrFN3O3S/c1-3-23(21,22)7-6-17-9(2)13-12(15)14(20)19-8-10(16)4-5-11(19)18-13/h4-5,8-9,17H,3,6-7H2,1-2H3. The number of halogens is 2. The fourth-order valence-corrected chi connectivity index (χ4v) is 3.41. The van der Waals surface area contributed by atoms with Crippen molar-refractivity contribution in [1.82, 2.24) is 14.7 Å². The van der Waals surface area contributed by atoms with Gasteiger partial charge in [0.15, 0.2) is 9.84 Å². The van der Waals surface area contributed by atoms with Crippen molar-refractivity contribution < 1.29 is 12.8 Å². The molecule has 0 radical (unpaired) electrons. The summed E-state index contributed by atoms with van der Waals surface area (Å²) in [7, 11) is -3.06. The second-order valence-corrected chi connectivity index (χ2v) is 8.37. The van der Waals surface area contributed by atoms with E-state index in [0.717, 1.165) is 10.6 Å². The van der Waals surface area contributed by atoms with Crippen molar-refractivity contribution in [3.05, 3.63) is 44.7 Å². The number of hydrogen-bond acceptors (Lipinski definition) is 5. The number of hydrogen-bond donors (Lipinski definition) is 1. The Morgan fingerprint density at radius 2 is 2.13 bits per heavy atom. The molecule has 1 unspecified atom stereocenters. The average molecular weight is 406 g/mol. The van der Waals surface area contributed by atoms with Gasteiger partial charge in [-0.1, -0.05) is 6.92 Å². The molecule has 2 heterocycles. The van der Waals surface area contributed by atoms with Gasteiger partial charge in [0.2, 0.25) is 0 Å². The Balaban J connectivity index is 2.27. The lowest BCUT2D eigenvalue weighted by Crippen LogP contribution is -2.29. The molecule has 1 atom stereocenters. The lowest BCUT2D eigenvalue weighted by molar-refractivity contribution is 0.563. The normalized spacial score (nSPS) is 13.4. The van der Waals surface area contributed by atoms with Gasteiger partial charge < -0.3 is 5.32 Å². The van der Waals surface area contributed by atoms with E-state index in [9.17, 15) is 17.6 Å². The summed E-state index contributed by atoms with van der Waals surface area (Å²) in [5.74, 6) is -0.422. The van der Waals surface area contributed by atoms with Crippen LogP contribution in [-0.2, 0) is 9.84 Å². The summed E-state index contributed by atoms with van der Waals surface area (Å²) in [6.45, 7) is 3.64. The molecule has 0 aliphatic heterocycles. The molecule has 0 amide bonds. The predicted molar refractivity (Wildman–Crippen MR) is 89.9 cm³/mol. The third kappa shape index (κ3) is 4.15. The zero-order valence-electron chi connectivity index (χ0n) is 12.7. The first kappa shape index (κ1) is 18.0. The second kappa shape index (κ2) is 7.06. The van der Waals surface area contributed by atoms with Crippen molar-refractivity contribution >= 4 is 31.4 Å². The highest BCUT2D eigenvalue weighted by molar-refractivity contribution is 9.10. The SMILES string of the molecule is CCS(=O)(=O)CCNC(C)c1nc2ccc(F)cn2c(=O)c1Br. The fourth-order valence-electron chi connectivity index (χ4n) is 2.07. The van der Waals surface area contributed by atoms with Crippen molar-refractivity contribution in [3.63, 3.8) is 0 Å². The van der Waals surface area contributed by atoms with E-state index in [1.54, 1.807) is 13.8 Å². The van der Waals surface area contributed by atoms with Gasteiger partial charge >= 0.3 is 0 Å². The lowest BCUT2D eigenvalue weighted by atomic mass is 10.2. The third-order valence-corrected chi connectivity index (χ3v) is 5.92. The molecule has 0 aliphatic carbocycles. The van der Waals surface area contributed by atoms with Gasteiger partial charge in [-0.2, -0.15) is 0 Å². The van der Waals surface area contributed by atoms with Gasteiger partial charge in [0.1, 0.15) is 15.9 Å². The first-order valence-electron chi connectivity index (χ1n) is 7.06. The third-order valence-electron chi connectivity index (χ3n) is 3.47. The molecule has 2 aromatic heterocycles. The maximum atomic E-state index is 13.2. The summed E-state index contributed by atoms with van der Waals surface area (Å²) in [5, 5.41) is 3.04. The number of sulfone groups is 1. The Morgan fingerprint density at radius 3 is 2.78 bits per heavy atom. The second-order valence-electron chi connectivity index (χ2n) is 5.10. The number of nitrogens with zero attached hydrogens (tertiary/aromatic N) is 2. The van der Waals surface area contributed by atoms with Crippen molar-refractivity contribution in [2.45, 2.75) is 19.9 Å². The van der Waals surface area contributed by atoms with Crippen LogP contribution in [0, 0.1) is 5.82 Å². The Labute approximate surface area is 141 Å². The van der Waals surface area contributed by atoms with E-state index in [1.165, 1.54) is 12.1 Å². The highest BCUT2D eigenvalue weighted by atomic mass is 79.9. The maximum absolute atomic E-state index is 13.2. The molecule has 0 saturated heterocycles. The van der Waals surface area contributed by atoms with E-state index in [1.807, 2.05) is 0 Å². The number of rotatable bonds is 6. The van der Waals surface area contributed by atoms with E-state index in [-0.39, 0.29) is 28.6 Å². The number of aromatic nitrogens is 2. The summed E-state index contributed by atoms with van der Waals surface area (Å²) in [5.41, 5.74) is 0.360. The molecule has 0 bridgehead atoms. The van der Waals surface area contributed by atoms with Crippen LogP contribution in [0.1, 0.15) is 25.6 Å². The Bertz CT molecular complexity index is 883. The summed E-state index contributed by atoms with van der Waals surface area (Å²) in [4.78, 5) is 16.6. The van der Waals surface area contributed by atoms with Crippen molar-refractivity contribution in [1.29, 1.82) is 0 Å². The van der Waals surface area contributed by atoms with Crippen LogP contribution in [0.3, 0.4) is 0 Å². The molecule has 0 aliphatic rings. The van der Waals surface area contributed by atoms with E-state index < -0.39 is 21.2 Å². The molecular weight excluding hydrogens is 389 g/mol. The van der Waals surface area contributed by atoms with Gasteiger partial charge in [-0.15, -0.1) is 0 Å². The topological polar surface area (TPSA) is 80.5 Å². The Hall–Kier alpha value is -1.32. The summed E-state index contributed by atoms with van der Waals surface area (Å²) < 4.78 is 37.6. The van der Waals surface area contributed by atoms with E-state index >= 15 is 0 Å². The van der Waals surface area contributed by atoms with Crippen LogP contribution >= 0.6 is 15.9 Å². The lowest BCUT2D eigenvalue weighted by Gasteiger charge is -2.15. The molecule has 9 heteroatoms. The summed E-state index contributed by atoms with van der Waals surface area (Å²) in [6, 6.07) is 2.31. The minimum absolute atomic E-state index is 0.0171. The molecule has 0 aromatic carbocycles. The monoisotopic (exact) mass is 405 g/mol. The van der Waals surface area contributed by atoms with Crippen molar-refractivity contribution in [3.8, 4) is 0 Å². The van der Waals surface area contributed by atoms with Crippen LogP contribution < -0.4 is 10.9 Å². The number of pyridine rings is 1. The predicted octanol–water partition coefficient (Wildman–Crippen LogP) is 1.68. The van der Waals surface area contributed by atoms with Crippen LogP contribution in [0.5, 0.6) is 0 Å². The van der Waals surface area contributed by atoms with Crippen LogP contribution in [0.2, 0.25) is 0 Å². The van der Waals surface area contributed by atoms with Gasteiger partial charge in [0, 0.05) is 24.5 Å². The average Bonchev–Trinajstić information content (AvgIpc) is 2.51. The van der Waals surface area contributed by atoms with E-state index in [0.29, 0.717) is 11.3 Å². The molecule has 0 saturated carbocycles. The molecule has 0 spiro atoms. The molecule has 1 N–H and O–H groups in total. The van der Waals surface area contributed by atoms with E-state index in [4.69, 9.17) is 0 Å². The van der Waals surface area contributed by atoms with Gasteiger partial charge in [-0.05, 0) is 35.0 Å². The highest BCUT2D eigenvalue weighted by Crippen LogP contribution is 2.18. The zero-order chi connectivity index (χ0) is 17.2. The minimum atomic E-state index is -3.06. The molecular formula is C14H17BrFN3O3S. The Kier molecular flexibility index (Phi) is 5.53. The van der Waals surface area contributed by atoms with Crippen LogP contribution in [0.15, 0.2) is 27.6 Å². The number of fused-ring (bicyclic) bond motifs is 1. The molecule has 2 aromatic rings. The van der Waals surface area contributed by atoms with E-state index in [2.05, 4.69) is 26.2 Å². The van der Waals surface area contributed by atoms with Crippen LogP contribution in [0.25, 0.3) is 5.65 Å². The Morgan fingerprint density at radius 1 is 1.43 bits per heavy atom. The zero-order valence-corrected chi connectivity index (χ0v) is 15.1. The fraction of sp³-hybridized carbons (Fsp3) is 0.429. The molecule has 6 nitrogen and oxygen atoms in total. The summed E-state index contributed by atoms with van der Waals surface area (Å²) in [6.07, 6.45) is 1.07. The minimum Gasteiger partial charge on any atom is -0.308 e. The van der Waals surface area contributed by atoms with Crippen LogP contribution in [0.4, 0.5) is 4.39 Å². The van der Waals surface area contributed by atoms with Crippen molar-refractivity contribution in [2.24, 2.45) is 0 Å². The quantitative estimate of drug-likeness (QED) is 0.790. The molecule has 126 valence electrons. The first-order valence-corrected chi connectivity index (χ1v) is 9.67. The van der Waals surface area contributed by atoms with Crippen LogP contribution in [-0.4, -0.2) is 35.9 Å². The largest absolute Gasteiger partial charge is 0.308 e. The number of nitrogens with one attached hydrogen (secondary N) is 1. The molecule has 23 heavy (non-hydrogen) atoms. The van der Waals surface area contributed by atoms with Gasteiger partial charge in [0.25, 0.3) is 5.56 Å². The smallest absolute Gasteiger partial charge is 0.272 e. The van der Waals surface area contributed by atoms with Gasteiger partial charge in [-0.25, -0.2) is 17.8 Å². The first-order chi connectivity index (χ1) is 10.7. The molecule has 0 fully saturated rings. The highest BCUT2D eigenvalue weighted by Gasteiger charge is 2.17. The molecule has 2 rings (SSSR count). The van der Waals surface area contributed by atoms with Crippen molar-refractivity contribution in [2.75, 3.05) is 18.1 Å². The summed E-state index contributed by atoms with van der Waals surface area (Å²) >= 11 is 3.20. The maximum Gasteiger partial charge on any atom is 0.272 e. The van der Waals surface area contributed by atoms with Gasteiger partial charge in [-0.3, -0.25) is 9.20 Å². The van der Waals surface area contributed by atoms with Gasteiger partial charge in [0.05, 0.1) is 11.4 Å².